The Hall–Kier alpha value is -1.55. The third-order valence-corrected chi connectivity index (χ3v) is 5.16. The zero-order valence-corrected chi connectivity index (χ0v) is 14.8. The van der Waals surface area contributed by atoms with Gasteiger partial charge in [0.1, 0.15) is 0 Å². The molecule has 4 rings (SSSR count). The highest BCUT2D eigenvalue weighted by molar-refractivity contribution is 9.10. The molecule has 0 saturated heterocycles. The predicted molar refractivity (Wildman–Crippen MR) is 97.7 cm³/mol. The van der Waals surface area contributed by atoms with Crippen molar-refractivity contribution >= 4 is 27.5 Å². The van der Waals surface area contributed by atoms with E-state index in [-0.39, 0.29) is 0 Å². The Bertz CT molecular complexity index is 854. The first-order valence-electron chi connectivity index (χ1n) is 7.55. The van der Waals surface area contributed by atoms with Crippen molar-refractivity contribution in [3.05, 3.63) is 69.8 Å². The summed E-state index contributed by atoms with van der Waals surface area (Å²) in [5, 5.41) is 0.754. The van der Waals surface area contributed by atoms with E-state index < -0.39 is 0 Å². The number of aromatic nitrogens is 1. The van der Waals surface area contributed by atoms with Crippen molar-refractivity contribution in [2.45, 2.75) is 13.2 Å². The summed E-state index contributed by atoms with van der Waals surface area (Å²) in [4.78, 5) is 0. The van der Waals surface area contributed by atoms with Crippen molar-refractivity contribution < 1.29 is 4.74 Å². The Labute approximate surface area is 148 Å². The lowest BCUT2D eigenvalue weighted by atomic mass is 10.0. The van der Waals surface area contributed by atoms with Gasteiger partial charge in [-0.2, -0.15) is 0 Å². The van der Waals surface area contributed by atoms with Crippen LogP contribution in [0.5, 0.6) is 0 Å². The summed E-state index contributed by atoms with van der Waals surface area (Å²) in [6.45, 7) is 2.27. The smallest absolute Gasteiger partial charge is 0.0875 e. The van der Waals surface area contributed by atoms with E-state index in [2.05, 4.69) is 56.9 Å². The van der Waals surface area contributed by atoms with Crippen LogP contribution in [-0.4, -0.2) is 11.2 Å². The van der Waals surface area contributed by atoms with E-state index in [4.69, 9.17) is 16.3 Å². The summed E-state index contributed by atoms with van der Waals surface area (Å²) >= 11 is 9.70. The molecule has 1 aliphatic heterocycles. The normalized spacial score (nSPS) is 13.8. The van der Waals surface area contributed by atoms with E-state index in [0.717, 1.165) is 22.6 Å². The quantitative estimate of drug-likeness (QED) is 0.544. The number of fused-ring (bicyclic) bond motifs is 1. The number of halogens is 2. The average Bonchev–Trinajstić information content (AvgIpc) is 2.96. The van der Waals surface area contributed by atoms with Crippen LogP contribution in [0.4, 0.5) is 0 Å². The number of hydrogen-bond donors (Lipinski definition) is 0. The fourth-order valence-corrected chi connectivity index (χ4v) is 3.71. The summed E-state index contributed by atoms with van der Waals surface area (Å²) in [6, 6.07) is 18.6. The van der Waals surface area contributed by atoms with Crippen molar-refractivity contribution in [2.24, 2.45) is 0 Å². The van der Waals surface area contributed by atoms with Crippen LogP contribution in [0.15, 0.2) is 59.1 Å². The van der Waals surface area contributed by atoms with Gasteiger partial charge in [-0.25, -0.2) is 0 Å². The Morgan fingerprint density at radius 3 is 2.57 bits per heavy atom. The molecule has 3 aromatic rings. The molecule has 2 nitrogen and oxygen atoms in total. The van der Waals surface area contributed by atoms with E-state index in [9.17, 15) is 0 Å². The molecule has 1 aliphatic rings. The average molecular weight is 389 g/mol. The SMILES string of the molecule is Clc1ccc(-c2cc(-c3ccccc3Br)n3c2COCC3)cc1. The van der Waals surface area contributed by atoms with Crippen molar-refractivity contribution in [3.63, 3.8) is 0 Å². The lowest BCUT2D eigenvalue weighted by Gasteiger charge is -2.20. The fraction of sp³-hybridized carbons (Fsp3) is 0.158. The van der Waals surface area contributed by atoms with Gasteiger partial charge >= 0.3 is 0 Å². The summed E-state index contributed by atoms with van der Waals surface area (Å²) in [6.07, 6.45) is 0. The molecule has 0 N–H and O–H groups in total. The Morgan fingerprint density at radius 2 is 1.78 bits per heavy atom. The minimum Gasteiger partial charge on any atom is -0.373 e. The van der Waals surface area contributed by atoms with Crippen molar-refractivity contribution in [1.29, 1.82) is 0 Å². The first kappa shape index (κ1) is 15.0. The van der Waals surface area contributed by atoms with E-state index >= 15 is 0 Å². The van der Waals surface area contributed by atoms with E-state index in [0.29, 0.717) is 6.61 Å². The number of ether oxygens (including phenoxy) is 1. The summed E-state index contributed by atoms with van der Waals surface area (Å²) in [7, 11) is 0. The van der Waals surface area contributed by atoms with Crippen LogP contribution in [0.3, 0.4) is 0 Å². The molecular weight excluding hydrogens is 374 g/mol. The van der Waals surface area contributed by atoms with Crippen LogP contribution in [0.25, 0.3) is 22.4 Å². The molecule has 0 radical (unpaired) electrons. The highest BCUT2D eigenvalue weighted by Gasteiger charge is 2.21. The molecule has 4 heteroatoms. The number of hydrogen-bond acceptors (Lipinski definition) is 1. The van der Waals surface area contributed by atoms with Gasteiger partial charge in [-0.1, -0.05) is 57.9 Å². The second kappa shape index (κ2) is 6.16. The Kier molecular flexibility index (Phi) is 4.02. The van der Waals surface area contributed by atoms with Crippen LogP contribution >= 0.6 is 27.5 Å². The minimum atomic E-state index is 0.641. The molecule has 0 unspecified atom stereocenters. The summed E-state index contributed by atoms with van der Waals surface area (Å²) in [5.74, 6) is 0. The van der Waals surface area contributed by atoms with Crippen molar-refractivity contribution in [2.75, 3.05) is 6.61 Å². The van der Waals surface area contributed by atoms with Crippen molar-refractivity contribution in [3.8, 4) is 22.4 Å². The van der Waals surface area contributed by atoms with Crippen LogP contribution in [0.2, 0.25) is 5.02 Å². The van der Waals surface area contributed by atoms with E-state index in [1.165, 1.54) is 28.1 Å². The lowest BCUT2D eigenvalue weighted by molar-refractivity contribution is 0.0860. The molecule has 1 aromatic heterocycles. The maximum absolute atomic E-state index is 6.03. The molecule has 0 atom stereocenters. The summed E-state index contributed by atoms with van der Waals surface area (Å²) in [5.41, 5.74) is 6.04. The molecule has 2 heterocycles. The van der Waals surface area contributed by atoms with Gasteiger partial charge in [0, 0.05) is 27.2 Å². The maximum atomic E-state index is 6.03. The topological polar surface area (TPSA) is 14.2 Å². The molecule has 0 fully saturated rings. The first-order chi connectivity index (χ1) is 11.2. The standard InChI is InChI=1S/C19H15BrClNO/c20-17-4-2-1-3-15(17)18-11-16(13-5-7-14(21)8-6-13)19-12-23-10-9-22(18)19/h1-8,11H,9-10,12H2. The number of rotatable bonds is 2. The lowest BCUT2D eigenvalue weighted by Crippen LogP contribution is -2.17. The van der Waals surface area contributed by atoms with Gasteiger partial charge in [0.05, 0.1) is 24.6 Å². The van der Waals surface area contributed by atoms with Gasteiger partial charge in [-0.05, 0) is 29.8 Å². The number of benzene rings is 2. The molecule has 0 bridgehead atoms. The highest BCUT2D eigenvalue weighted by atomic mass is 79.9. The Balaban J connectivity index is 1.92. The monoisotopic (exact) mass is 387 g/mol. The molecule has 23 heavy (non-hydrogen) atoms. The highest BCUT2D eigenvalue weighted by Crippen LogP contribution is 2.37. The maximum Gasteiger partial charge on any atom is 0.0875 e. The second-order valence-corrected chi connectivity index (χ2v) is 6.87. The van der Waals surface area contributed by atoms with Gasteiger partial charge < -0.3 is 9.30 Å². The number of nitrogens with zero attached hydrogens (tertiary/aromatic N) is 1. The van der Waals surface area contributed by atoms with E-state index in [1.807, 2.05) is 18.2 Å². The molecule has 0 spiro atoms. The molecule has 0 aliphatic carbocycles. The third-order valence-electron chi connectivity index (χ3n) is 4.21. The van der Waals surface area contributed by atoms with Gasteiger partial charge in [-0.15, -0.1) is 0 Å². The Morgan fingerprint density at radius 1 is 1.00 bits per heavy atom. The molecule has 0 amide bonds. The minimum absolute atomic E-state index is 0.641. The van der Waals surface area contributed by atoms with Crippen molar-refractivity contribution in [1.82, 2.24) is 4.57 Å². The van der Waals surface area contributed by atoms with E-state index in [1.54, 1.807) is 0 Å². The van der Waals surface area contributed by atoms with Gasteiger partial charge in [-0.3, -0.25) is 0 Å². The zero-order valence-electron chi connectivity index (χ0n) is 12.4. The second-order valence-electron chi connectivity index (χ2n) is 5.58. The first-order valence-corrected chi connectivity index (χ1v) is 8.72. The van der Waals surface area contributed by atoms with Crippen LogP contribution in [0, 0.1) is 0 Å². The van der Waals surface area contributed by atoms with Crippen LogP contribution in [-0.2, 0) is 17.9 Å². The third kappa shape index (κ3) is 2.74. The fourth-order valence-electron chi connectivity index (χ4n) is 3.10. The zero-order chi connectivity index (χ0) is 15.8. The van der Waals surface area contributed by atoms with Gasteiger partial charge in [0.2, 0.25) is 0 Å². The predicted octanol–water partition coefficient (Wildman–Crippen LogP) is 5.77. The largest absolute Gasteiger partial charge is 0.373 e. The molecule has 2 aromatic carbocycles. The van der Waals surface area contributed by atoms with Gasteiger partial charge in [0.15, 0.2) is 0 Å². The van der Waals surface area contributed by atoms with Crippen LogP contribution in [0.1, 0.15) is 5.69 Å². The molecular formula is C19H15BrClNO. The van der Waals surface area contributed by atoms with Gasteiger partial charge in [0.25, 0.3) is 0 Å². The molecule has 0 saturated carbocycles. The van der Waals surface area contributed by atoms with Crippen LogP contribution < -0.4 is 0 Å². The summed E-state index contributed by atoms with van der Waals surface area (Å²) < 4.78 is 9.18. The molecule has 116 valence electrons.